The number of carbonyl (C=O) groups excluding carboxylic acids is 1. The highest BCUT2D eigenvalue weighted by atomic mass is 16.5. The van der Waals surface area contributed by atoms with Crippen molar-refractivity contribution in [2.45, 2.75) is 39.2 Å². The minimum absolute atomic E-state index is 0.219. The molecule has 1 amide bonds. The van der Waals surface area contributed by atoms with E-state index in [0.717, 1.165) is 57.6 Å². The zero-order valence-electron chi connectivity index (χ0n) is 17.4. The van der Waals surface area contributed by atoms with E-state index < -0.39 is 0 Å². The van der Waals surface area contributed by atoms with E-state index in [1.54, 1.807) is 0 Å². The number of para-hydroxylation sites is 1. The summed E-state index contributed by atoms with van der Waals surface area (Å²) in [4.78, 5) is 15.1. The summed E-state index contributed by atoms with van der Waals surface area (Å²) in [7, 11) is 0. The summed E-state index contributed by atoms with van der Waals surface area (Å²) in [5.74, 6) is 1.48. The average Bonchev–Trinajstić information content (AvgIpc) is 3.46. The molecule has 2 fully saturated rings. The minimum Gasteiger partial charge on any atom is -0.494 e. The molecule has 29 heavy (non-hydrogen) atoms. The summed E-state index contributed by atoms with van der Waals surface area (Å²) in [6.45, 7) is 6.51. The highest BCUT2D eigenvalue weighted by molar-refractivity contribution is 5.82. The first-order valence-electron chi connectivity index (χ1n) is 10.9. The number of likely N-dealkylation sites (tertiary alicyclic amines) is 1. The summed E-state index contributed by atoms with van der Waals surface area (Å²) in [6.07, 6.45) is 4.22. The second kappa shape index (κ2) is 9.00. The van der Waals surface area contributed by atoms with Crippen LogP contribution in [-0.4, -0.2) is 37.0 Å². The number of benzene rings is 2. The molecule has 0 aromatic heterocycles. The molecule has 2 aromatic rings. The van der Waals surface area contributed by atoms with Crippen LogP contribution in [0.1, 0.15) is 37.3 Å². The fourth-order valence-corrected chi connectivity index (χ4v) is 4.70. The molecule has 2 aliphatic rings. The van der Waals surface area contributed by atoms with Gasteiger partial charge in [0.1, 0.15) is 5.75 Å². The maximum absolute atomic E-state index is 12.6. The predicted octanol–water partition coefficient (Wildman–Crippen LogP) is 4.05. The van der Waals surface area contributed by atoms with E-state index in [1.165, 1.54) is 11.1 Å². The van der Waals surface area contributed by atoms with Crippen molar-refractivity contribution in [2.24, 2.45) is 11.3 Å². The maximum atomic E-state index is 12.6. The number of amides is 1. The number of ether oxygens (including phenoxy) is 1. The van der Waals surface area contributed by atoms with Gasteiger partial charge in [-0.05, 0) is 62.7 Å². The molecule has 1 spiro atoms. The van der Waals surface area contributed by atoms with Gasteiger partial charge in [-0.15, -0.1) is 0 Å². The third-order valence-electron chi connectivity index (χ3n) is 6.58. The van der Waals surface area contributed by atoms with Gasteiger partial charge in [0.2, 0.25) is 5.91 Å². The fourth-order valence-electron chi connectivity index (χ4n) is 4.70. The molecule has 1 aliphatic heterocycles. The summed E-state index contributed by atoms with van der Waals surface area (Å²) < 4.78 is 5.77. The second-order valence-corrected chi connectivity index (χ2v) is 8.46. The van der Waals surface area contributed by atoms with E-state index in [1.807, 2.05) is 31.2 Å². The van der Waals surface area contributed by atoms with Crippen LogP contribution in [0.3, 0.4) is 0 Å². The lowest BCUT2D eigenvalue weighted by molar-refractivity contribution is -0.123. The topological polar surface area (TPSA) is 41.6 Å². The van der Waals surface area contributed by atoms with Crippen LogP contribution < -0.4 is 10.1 Å². The van der Waals surface area contributed by atoms with Crippen LogP contribution in [0, 0.1) is 11.3 Å². The van der Waals surface area contributed by atoms with E-state index in [4.69, 9.17) is 4.74 Å². The number of nitrogens with zero attached hydrogens (tertiary/aromatic N) is 1. The lowest BCUT2D eigenvalue weighted by atomic mass is 9.90. The van der Waals surface area contributed by atoms with Crippen LogP contribution in [-0.2, 0) is 17.8 Å². The normalized spacial score (nSPS) is 20.4. The molecule has 1 saturated heterocycles. The van der Waals surface area contributed by atoms with Crippen molar-refractivity contribution in [3.05, 3.63) is 65.7 Å². The summed E-state index contributed by atoms with van der Waals surface area (Å²) in [6, 6.07) is 18.7. The van der Waals surface area contributed by atoms with Gasteiger partial charge < -0.3 is 10.1 Å². The lowest BCUT2D eigenvalue weighted by Crippen LogP contribution is -2.37. The molecule has 1 atom stereocenters. The first-order valence-corrected chi connectivity index (χ1v) is 10.9. The molecule has 0 bridgehead atoms. The van der Waals surface area contributed by atoms with Crippen molar-refractivity contribution in [1.82, 2.24) is 10.2 Å². The van der Waals surface area contributed by atoms with Gasteiger partial charge in [-0.1, -0.05) is 48.5 Å². The molecule has 1 saturated carbocycles. The zero-order valence-corrected chi connectivity index (χ0v) is 17.4. The van der Waals surface area contributed by atoms with Crippen LogP contribution in [0.2, 0.25) is 0 Å². The largest absolute Gasteiger partial charge is 0.494 e. The van der Waals surface area contributed by atoms with Gasteiger partial charge in [-0.25, -0.2) is 0 Å². The minimum atomic E-state index is 0.219. The van der Waals surface area contributed by atoms with Crippen molar-refractivity contribution in [1.29, 1.82) is 0 Å². The van der Waals surface area contributed by atoms with E-state index in [2.05, 4.69) is 40.5 Å². The Hall–Kier alpha value is -2.33. The molecule has 2 aromatic carbocycles. The monoisotopic (exact) mass is 392 g/mol. The van der Waals surface area contributed by atoms with Gasteiger partial charge in [0.15, 0.2) is 0 Å². The van der Waals surface area contributed by atoms with E-state index in [0.29, 0.717) is 6.61 Å². The Morgan fingerprint density at radius 3 is 2.59 bits per heavy atom. The summed E-state index contributed by atoms with van der Waals surface area (Å²) >= 11 is 0. The number of carbonyl (C=O) groups is 1. The Morgan fingerprint density at radius 2 is 1.83 bits per heavy atom. The van der Waals surface area contributed by atoms with Crippen LogP contribution >= 0.6 is 0 Å². The molecule has 1 N–H and O–H groups in total. The van der Waals surface area contributed by atoms with Crippen LogP contribution in [0.15, 0.2) is 54.6 Å². The maximum Gasteiger partial charge on any atom is 0.223 e. The van der Waals surface area contributed by atoms with Gasteiger partial charge in [-0.3, -0.25) is 9.69 Å². The van der Waals surface area contributed by atoms with Crippen LogP contribution in [0.4, 0.5) is 0 Å². The molecular formula is C25H32N2O2. The summed E-state index contributed by atoms with van der Waals surface area (Å²) in [5, 5.41) is 3.17. The van der Waals surface area contributed by atoms with Gasteiger partial charge in [-0.2, -0.15) is 0 Å². The van der Waals surface area contributed by atoms with Gasteiger partial charge >= 0.3 is 0 Å². The number of piperidine rings is 1. The first kappa shape index (κ1) is 20.0. The van der Waals surface area contributed by atoms with E-state index >= 15 is 0 Å². The van der Waals surface area contributed by atoms with Crippen molar-refractivity contribution in [2.75, 3.05) is 26.2 Å². The SMILES string of the molecule is CCOc1ccccc1CN1CCC2(CC1)C[C@H]2C(=O)NCCc1ccccc1. The first-order chi connectivity index (χ1) is 14.2. The molecule has 154 valence electrons. The molecule has 1 heterocycles. The standard InChI is InChI=1S/C25H32N2O2/c1-2-29-23-11-7-6-10-21(23)19-27-16-13-25(14-17-27)18-22(25)24(28)26-15-12-20-8-4-3-5-9-20/h3-11,22H,2,12-19H2,1H3,(H,26,28)/t22-/m0/s1. The molecule has 1 aliphatic carbocycles. The second-order valence-electron chi connectivity index (χ2n) is 8.46. The lowest BCUT2D eigenvalue weighted by Gasteiger charge is -2.33. The van der Waals surface area contributed by atoms with Crippen LogP contribution in [0.5, 0.6) is 5.75 Å². The molecule has 4 nitrogen and oxygen atoms in total. The smallest absolute Gasteiger partial charge is 0.223 e. The third kappa shape index (κ3) is 4.81. The van der Waals surface area contributed by atoms with Crippen molar-refractivity contribution in [3.8, 4) is 5.75 Å². The number of hydrogen-bond acceptors (Lipinski definition) is 3. The Morgan fingerprint density at radius 1 is 1.10 bits per heavy atom. The molecule has 4 rings (SSSR count). The Balaban J connectivity index is 1.22. The van der Waals surface area contributed by atoms with E-state index in [-0.39, 0.29) is 17.2 Å². The van der Waals surface area contributed by atoms with E-state index in [9.17, 15) is 4.79 Å². The predicted molar refractivity (Wildman–Crippen MR) is 116 cm³/mol. The quantitative estimate of drug-likeness (QED) is 0.737. The van der Waals surface area contributed by atoms with Crippen molar-refractivity contribution in [3.63, 3.8) is 0 Å². The summed E-state index contributed by atoms with van der Waals surface area (Å²) in [5.41, 5.74) is 2.79. The van der Waals surface area contributed by atoms with Crippen LogP contribution in [0.25, 0.3) is 0 Å². The number of nitrogens with one attached hydrogen (secondary N) is 1. The zero-order chi connectivity index (χ0) is 20.1. The average molecular weight is 393 g/mol. The van der Waals surface area contributed by atoms with Gasteiger partial charge in [0, 0.05) is 24.6 Å². The third-order valence-corrected chi connectivity index (χ3v) is 6.58. The van der Waals surface area contributed by atoms with Crippen molar-refractivity contribution < 1.29 is 9.53 Å². The Labute approximate surface area is 174 Å². The van der Waals surface area contributed by atoms with Crippen molar-refractivity contribution >= 4 is 5.91 Å². The Kier molecular flexibility index (Phi) is 6.19. The number of rotatable bonds is 8. The van der Waals surface area contributed by atoms with Gasteiger partial charge in [0.25, 0.3) is 0 Å². The molecule has 0 unspecified atom stereocenters. The highest BCUT2D eigenvalue weighted by Gasteiger charge is 2.58. The molecule has 4 heteroatoms. The highest BCUT2D eigenvalue weighted by Crippen LogP contribution is 2.59. The molecule has 0 radical (unpaired) electrons. The number of hydrogen-bond donors (Lipinski definition) is 1. The Bertz CT molecular complexity index is 813. The fraction of sp³-hybridized carbons (Fsp3) is 0.480. The van der Waals surface area contributed by atoms with Gasteiger partial charge in [0.05, 0.1) is 6.61 Å². The molecular weight excluding hydrogens is 360 g/mol.